The first-order valence-electron chi connectivity index (χ1n) is 14.3. The zero-order chi connectivity index (χ0) is 29.7. The standard InChI is InChI=1S/C31H35F6NO3/c1-3-25(23-17-22(30(32,33)34)8-9-24(23)31(35,36)37)38-14-12-29(13-15-38)11-10-19-4-7-21(16-26(19)41-29)27(20-5-6-20)18(2)28(39)40/h4,7-9,16-18,20,25,27H,3,5-6,10-15H2,1-2H3,(H,39,40)/t18-,25-,27-/m0/s1. The molecule has 1 saturated carbocycles. The van der Waals surface area contributed by atoms with Crippen molar-refractivity contribution in [2.24, 2.45) is 11.8 Å². The average molecular weight is 584 g/mol. The van der Waals surface area contributed by atoms with Crippen LogP contribution in [0.15, 0.2) is 36.4 Å². The third-order valence-corrected chi connectivity index (χ3v) is 9.29. The highest BCUT2D eigenvalue weighted by atomic mass is 19.4. The highest BCUT2D eigenvalue weighted by Crippen LogP contribution is 2.49. The number of carboxylic acids is 1. The van der Waals surface area contributed by atoms with Crippen LogP contribution in [0.5, 0.6) is 5.75 Å². The number of aryl methyl sites for hydroxylation is 1. The van der Waals surface area contributed by atoms with E-state index in [4.69, 9.17) is 4.74 Å². The number of aliphatic carboxylic acids is 1. The van der Waals surface area contributed by atoms with Crippen LogP contribution < -0.4 is 4.74 Å². The number of halogens is 6. The Balaban J connectivity index is 1.36. The van der Waals surface area contributed by atoms with Gasteiger partial charge in [-0.25, -0.2) is 0 Å². The molecule has 0 unspecified atom stereocenters. The maximum absolute atomic E-state index is 13.9. The topological polar surface area (TPSA) is 49.8 Å². The van der Waals surface area contributed by atoms with Crippen LogP contribution in [-0.4, -0.2) is 34.7 Å². The summed E-state index contributed by atoms with van der Waals surface area (Å²) in [4.78, 5) is 13.6. The molecule has 1 saturated heterocycles. The third kappa shape index (κ3) is 6.08. The molecule has 2 aliphatic heterocycles. The summed E-state index contributed by atoms with van der Waals surface area (Å²) >= 11 is 0. The monoisotopic (exact) mass is 583 g/mol. The smallest absolute Gasteiger partial charge is 0.416 e. The molecule has 0 aromatic heterocycles. The molecule has 2 heterocycles. The van der Waals surface area contributed by atoms with Crippen molar-refractivity contribution in [1.29, 1.82) is 0 Å². The van der Waals surface area contributed by atoms with Crippen molar-refractivity contribution in [1.82, 2.24) is 4.90 Å². The summed E-state index contributed by atoms with van der Waals surface area (Å²) in [5.41, 5.74) is -0.986. The fourth-order valence-electron chi connectivity index (χ4n) is 6.85. The van der Waals surface area contributed by atoms with Crippen molar-refractivity contribution in [3.8, 4) is 5.75 Å². The molecule has 41 heavy (non-hydrogen) atoms. The van der Waals surface area contributed by atoms with Crippen molar-refractivity contribution in [2.45, 2.75) is 88.7 Å². The van der Waals surface area contributed by atoms with Crippen LogP contribution in [0.4, 0.5) is 26.3 Å². The largest absolute Gasteiger partial charge is 0.487 e. The van der Waals surface area contributed by atoms with Gasteiger partial charge in [-0.2, -0.15) is 26.3 Å². The molecule has 2 aromatic carbocycles. The number of nitrogens with zero attached hydrogens (tertiary/aromatic N) is 1. The summed E-state index contributed by atoms with van der Waals surface area (Å²) in [6.07, 6.45) is -4.72. The minimum Gasteiger partial charge on any atom is -0.487 e. The van der Waals surface area contributed by atoms with Crippen LogP contribution in [-0.2, 0) is 23.6 Å². The number of fused-ring (bicyclic) bond motifs is 1. The Morgan fingerprint density at radius 3 is 2.27 bits per heavy atom. The minimum absolute atomic E-state index is 0.0956. The molecule has 1 spiro atoms. The molecule has 0 bridgehead atoms. The first-order valence-corrected chi connectivity index (χ1v) is 14.3. The van der Waals surface area contributed by atoms with Crippen LogP contribution in [0.3, 0.4) is 0 Å². The molecule has 224 valence electrons. The highest BCUT2D eigenvalue weighted by molar-refractivity contribution is 5.71. The number of hydrogen-bond donors (Lipinski definition) is 1. The SMILES string of the molecule is CC[C@@H](c1cc(C(F)(F)F)ccc1C(F)(F)F)N1CCC2(CCc3ccc([C@H](C4CC4)[C@H](C)C(=O)O)cc3O2)CC1. The zero-order valence-corrected chi connectivity index (χ0v) is 23.1. The second-order valence-corrected chi connectivity index (χ2v) is 11.9. The predicted octanol–water partition coefficient (Wildman–Crippen LogP) is 8.25. The van der Waals surface area contributed by atoms with E-state index in [9.17, 15) is 36.2 Å². The molecule has 3 atom stereocenters. The van der Waals surface area contributed by atoms with Gasteiger partial charge in [0.1, 0.15) is 11.4 Å². The summed E-state index contributed by atoms with van der Waals surface area (Å²) in [6.45, 7) is 4.21. The van der Waals surface area contributed by atoms with Crippen molar-refractivity contribution in [3.63, 3.8) is 0 Å². The maximum atomic E-state index is 13.9. The van der Waals surface area contributed by atoms with Gasteiger partial charge in [0.05, 0.1) is 17.0 Å². The molecule has 1 aliphatic carbocycles. The number of piperidine rings is 1. The molecule has 0 amide bonds. The highest BCUT2D eigenvalue weighted by Gasteiger charge is 2.44. The molecule has 1 N–H and O–H groups in total. The summed E-state index contributed by atoms with van der Waals surface area (Å²) in [7, 11) is 0. The Bertz CT molecular complexity index is 1280. The number of ether oxygens (including phenoxy) is 1. The van der Waals surface area contributed by atoms with E-state index in [0.29, 0.717) is 50.0 Å². The molecule has 0 radical (unpaired) electrons. The van der Waals surface area contributed by atoms with Crippen LogP contribution in [0, 0.1) is 11.8 Å². The van der Waals surface area contributed by atoms with E-state index in [2.05, 4.69) is 0 Å². The Kier molecular flexibility index (Phi) is 7.85. The summed E-state index contributed by atoms with van der Waals surface area (Å²) in [6, 6.07) is 6.87. The van der Waals surface area contributed by atoms with Gasteiger partial charge in [-0.3, -0.25) is 9.69 Å². The van der Waals surface area contributed by atoms with Gasteiger partial charge in [0.2, 0.25) is 0 Å². The number of rotatable bonds is 7. The number of likely N-dealkylation sites (tertiary alicyclic amines) is 1. The van der Waals surface area contributed by atoms with Crippen molar-refractivity contribution in [2.75, 3.05) is 13.1 Å². The molecule has 10 heteroatoms. The summed E-state index contributed by atoms with van der Waals surface area (Å²) in [5.74, 6) is -0.381. The fraction of sp³-hybridized carbons (Fsp3) is 0.581. The number of carboxylic acid groups (broad SMARTS) is 1. The Morgan fingerprint density at radius 1 is 1.02 bits per heavy atom. The van der Waals surface area contributed by atoms with Gasteiger partial charge in [0, 0.05) is 19.1 Å². The van der Waals surface area contributed by atoms with Crippen LogP contribution >= 0.6 is 0 Å². The van der Waals surface area contributed by atoms with Crippen LogP contribution in [0.2, 0.25) is 0 Å². The molecule has 2 fully saturated rings. The van der Waals surface area contributed by atoms with Gasteiger partial charge in [0.15, 0.2) is 0 Å². The Morgan fingerprint density at radius 2 is 1.71 bits per heavy atom. The van der Waals surface area contributed by atoms with E-state index < -0.39 is 47.0 Å². The average Bonchev–Trinajstić information content (AvgIpc) is 3.74. The van der Waals surface area contributed by atoms with Crippen molar-refractivity contribution in [3.05, 3.63) is 64.2 Å². The van der Waals surface area contributed by atoms with Crippen LogP contribution in [0.25, 0.3) is 0 Å². The molecular weight excluding hydrogens is 548 g/mol. The second-order valence-electron chi connectivity index (χ2n) is 11.9. The number of carbonyl (C=O) groups is 1. The van der Waals surface area contributed by atoms with Gasteiger partial charge in [-0.05, 0) is 97.7 Å². The summed E-state index contributed by atoms with van der Waals surface area (Å²) < 4.78 is 88.5. The molecule has 4 nitrogen and oxygen atoms in total. The predicted molar refractivity (Wildman–Crippen MR) is 141 cm³/mol. The molecule has 5 rings (SSSR count). The lowest BCUT2D eigenvalue weighted by molar-refractivity contribution is -0.142. The minimum atomic E-state index is -4.77. The van der Waals surface area contributed by atoms with Gasteiger partial charge < -0.3 is 9.84 Å². The number of alkyl halides is 6. The fourth-order valence-corrected chi connectivity index (χ4v) is 6.85. The van der Waals surface area contributed by atoms with Crippen molar-refractivity contribution < 1.29 is 41.0 Å². The lowest BCUT2D eigenvalue weighted by Crippen LogP contribution is -2.50. The maximum Gasteiger partial charge on any atom is 0.416 e. The quantitative estimate of drug-likeness (QED) is 0.334. The second kappa shape index (κ2) is 10.8. The molecular formula is C31H35F6NO3. The third-order valence-electron chi connectivity index (χ3n) is 9.29. The molecule has 3 aliphatic rings. The van der Waals surface area contributed by atoms with E-state index in [1.807, 2.05) is 23.1 Å². The van der Waals surface area contributed by atoms with Gasteiger partial charge in [0.25, 0.3) is 0 Å². The summed E-state index contributed by atoms with van der Waals surface area (Å²) in [5, 5.41) is 9.66. The lowest BCUT2D eigenvalue weighted by Gasteiger charge is -2.47. The van der Waals surface area contributed by atoms with E-state index in [0.717, 1.165) is 42.6 Å². The number of hydrogen-bond acceptors (Lipinski definition) is 3. The Hall–Kier alpha value is -2.75. The van der Waals surface area contributed by atoms with Gasteiger partial charge in [-0.1, -0.05) is 26.0 Å². The van der Waals surface area contributed by atoms with Gasteiger partial charge in [-0.15, -0.1) is 0 Å². The van der Waals surface area contributed by atoms with Gasteiger partial charge >= 0.3 is 18.3 Å². The van der Waals surface area contributed by atoms with E-state index in [-0.39, 0.29) is 17.9 Å². The first-order chi connectivity index (χ1) is 19.2. The van der Waals surface area contributed by atoms with Crippen molar-refractivity contribution >= 4 is 5.97 Å². The molecule has 2 aromatic rings. The normalized spacial score (nSPS) is 21.6. The lowest BCUT2D eigenvalue weighted by atomic mass is 9.80. The van der Waals surface area contributed by atoms with E-state index in [1.165, 1.54) is 0 Å². The number of benzene rings is 2. The van der Waals surface area contributed by atoms with E-state index >= 15 is 0 Å². The van der Waals surface area contributed by atoms with Crippen LogP contribution in [0.1, 0.15) is 92.1 Å². The Labute approximate surface area is 235 Å². The zero-order valence-electron chi connectivity index (χ0n) is 23.1. The first kappa shape index (κ1) is 29.7. The van der Waals surface area contributed by atoms with E-state index in [1.54, 1.807) is 13.8 Å².